The van der Waals surface area contributed by atoms with Gasteiger partial charge in [-0.25, -0.2) is 18.1 Å². The van der Waals surface area contributed by atoms with Crippen molar-refractivity contribution in [2.45, 2.75) is 6.42 Å². The first-order valence-electron chi connectivity index (χ1n) is 6.50. The minimum atomic E-state index is -3.81. The number of fused-ring (bicyclic) bond motifs is 1. The molecule has 0 spiro atoms. The Labute approximate surface area is 127 Å². The van der Waals surface area contributed by atoms with Crippen LogP contribution in [-0.2, 0) is 14.8 Å². The van der Waals surface area contributed by atoms with Crippen molar-refractivity contribution in [1.82, 2.24) is 14.7 Å². The number of sulfonamides is 1. The van der Waals surface area contributed by atoms with E-state index in [1.807, 2.05) is 16.9 Å². The van der Waals surface area contributed by atoms with Gasteiger partial charge in [0.25, 0.3) is 5.91 Å². The second kappa shape index (κ2) is 7.08. The number of halogens is 1. The molecule has 8 heteroatoms. The van der Waals surface area contributed by atoms with Gasteiger partial charge in [-0.1, -0.05) is 12.1 Å². The third kappa shape index (κ3) is 4.59. The predicted octanol–water partition coefficient (Wildman–Crippen LogP) is 1.45. The Balaban J connectivity index is 2.05. The summed E-state index contributed by atoms with van der Waals surface area (Å²) in [5.74, 6) is -1.24. The van der Waals surface area contributed by atoms with Gasteiger partial charge in [0.05, 0.1) is 35.4 Å². The zero-order valence-electron chi connectivity index (χ0n) is 11.6. The lowest BCUT2D eigenvalue weighted by Crippen LogP contribution is -2.31. The van der Waals surface area contributed by atoms with Gasteiger partial charge in [0.1, 0.15) is 0 Å². The van der Waals surface area contributed by atoms with Crippen molar-refractivity contribution in [1.29, 1.82) is 0 Å². The third-order valence-electron chi connectivity index (χ3n) is 2.68. The van der Waals surface area contributed by atoms with Gasteiger partial charge in [0, 0.05) is 6.08 Å². The number of carbonyl (C=O) groups is 1. The molecule has 1 N–H and O–H groups in total. The Morgan fingerprint density at radius 2 is 2.00 bits per heavy atom. The van der Waals surface area contributed by atoms with Crippen LogP contribution in [0.25, 0.3) is 17.1 Å². The SMILES string of the molecule is O=C(/C=C/c1cnc2ccccc2n1)NS(=O)(=O)CCCF. The fourth-order valence-corrected chi connectivity index (χ4v) is 2.66. The second-order valence-corrected chi connectivity index (χ2v) is 6.29. The number of alkyl halides is 1. The molecule has 2 rings (SSSR count). The summed E-state index contributed by atoms with van der Waals surface area (Å²) >= 11 is 0. The predicted molar refractivity (Wildman–Crippen MR) is 81.1 cm³/mol. The molecule has 1 aromatic heterocycles. The molecule has 22 heavy (non-hydrogen) atoms. The summed E-state index contributed by atoms with van der Waals surface area (Å²) in [6.45, 7) is -0.752. The van der Waals surface area contributed by atoms with Gasteiger partial charge >= 0.3 is 0 Å². The van der Waals surface area contributed by atoms with E-state index in [4.69, 9.17) is 0 Å². The summed E-state index contributed by atoms with van der Waals surface area (Å²) in [5, 5.41) is 0. The highest BCUT2D eigenvalue weighted by atomic mass is 32.2. The number of hydrogen-bond acceptors (Lipinski definition) is 5. The van der Waals surface area contributed by atoms with E-state index in [0.717, 1.165) is 11.6 Å². The molecular weight excluding hydrogens is 309 g/mol. The monoisotopic (exact) mass is 323 g/mol. The van der Waals surface area contributed by atoms with E-state index in [0.29, 0.717) is 11.2 Å². The van der Waals surface area contributed by atoms with Crippen molar-refractivity contribution in [2.24, 2.45) is 0 Å². The summed E-state index contributed by atoms with van der Waals surface area (Å²) in [4.78, 5) is 20.0. The van der Waals surface area contributed by atoms with Crippen molar-refractivity contribution in [2.75, 3.05) is 12.4 Å². The van der Waals surface area contributed by atoms with Gasteiger partial charge in [-0.3, -0.25) is 14.2 Å². The highest BCUT2D eigenvalue weighted by Gasteiger charge is 2.12. The van der Waals surface area contributed by atoms with Gasteiger partial charge in [-0.15, -0.1) is 0 Å². The largest absolute Gasteiger partial charge is 0.269 e. The molecule has 1 amide bonds. The topological polar surface area (TPSA) is 89.0 Å². The smallest absolute Gasteiger partial charge is 0.257 e. The van der Waals surface area contributed by atoms with Crippen LogP contribution in [0.1, 0.15) is 12.1 Å². The fraction of sp³-hybridized carbons (Fsp3) is 0.214. The van der Waals surface area contributed by atoms with E-state index >= 15 is 0 Å². The third-order valence-corrected chi connectivity index (χ3v) is 4.01. The summed E-state index contributed by atoms with van der Waals surface area (Å²) in [7, 11) is -3.81. The molecule has 1 heterocycles. The maximum absolute atomic E-state index is 12.0. The molecule has 0 saturated carbocycles. The molecule has 2 aromatic rings. The van der Waals surface area contributed by atoms with Crippen LogP contribution in [0, 0.1) is 0 Å². The Kier molecular flexibility index (Phi) is 5.16. The summed E-state index contributed by atoms with van der Waals surface area (Å²) in [6, 6.07) is 7.23. The Hall–Kier alpha value is -2.35. The first-order chi connectivity index (χ1) is 10.5. The van der Waals surface area contributed by atoms with E-state index in [2.05, 4.69) is 9.97 Å². The number of rotatable bonds is 6. The number of aromatic nitrogens is 2. The minimum Gasteiger partial charge on any atom is -0.269 e. The summed E-state index contributed by atoms with van der Waals surface area (Å²) in [5.41, 5.74) is 1.81. The lowest BCUT2D eigenvalue weighted by molar-refractivity contribution is -0.114. The van der Waals surface area contributed by atoms with Crippen LogP contribution >= 0.6 is 0 Å². The van der Waals surface area contributed by atoms with E-state index in [1.165, 1.54) is 12.3 Å². The van der Waals surface area contributed by atoms with Crippen LogP contribution in [0.5, 0.6) is 0 Å². The molecule has 6 nitrogen and oxygen atoms in total. The van der Waals surface area contributed by atoms with Crippen molar-refractivity contribution in [3.05, 3.63) is 42.2 Å². The molecule has 116 valence electrons. The van der Waals surface area contributed by atoms with Crippen molar-refractivity contribution in [3.63, 3.8) is 0 Å². The van der Waals surface area contributed by atoms with Crippen LogP contribution in [0.4, 0.5) is 4.39 Å². The molecule has 0 aliphatic heterocycles. The van der Waals surface area contributed by atoms with E-state index in [9.17, 15) is 17.6 Å². The van der Waals surface area contributed by atoms with Crippen molar-refractivity contribution < 1.29 is 17.6 Å². The number of para-hydroxylation sites is 2. The highest BCUT2D eigenvalue weighted by Crippen LogP contribution is 2.09. The first-order valence-corrected chi connectivity index (χ1v) is 8.16. The van der Waals surface area contributed by atoms with Gasteiger partial charge in [0.2, 0.25) is 10.0 Å². The maximum Gasteiger partial charge on any atom is 0.257 e. The summed E-state index contributed by atoms with van der Waals surface area (Å²) in [6.07, 6.45) is 3.73. The number of hydrogen-bond donors (Lipinski definition) is 1. The Morgan fingerprint density at radius 1 is 1.27 bits per heavy atom. The lowest BCUT2D eigenvalue weighted by Gasteiger charge is -2.02. The maximum atomic E-state index is 12.0. The van der Waals surface area contributed by atoms with Crippen LogP contribution in [0.3, 0.4) is 0 Å². The van der Waals surface area contributed by atoms with Crippen molar-refractivity contribution in [3.8, 4) is 0 Å². The Bertz CT molecular complexity index is 806. The normalized spacial score (nSPS) is 11.9. The highest BCUT2D eigenvalue weighted by molar-refractivity contribution is 7.90. The molecule has 1 aromatic carbocycles. The van der Waals surface area contributed by atoms with Crippen LogP contribution in [-0.4, -0.2) is 36.7 Å². The van der Waals surface area contributed by atoms with E-state index < -0.39 is 28.4 Å². The lowest BCUT2D eigenvalue weighted by atomic mass is 10.3. The average Bonchev–Trinajstić information content (AvgIpc) is 2.50. The number of benzene rings is 1. The van der Waals surface area contributed by atoms with Crippen LogP contribution in [0.2, 0.25) is 0 Å². The second-order valence-electron chi connectivity index (χ2n) is 4.44. The number of carbonyl (C=O) groups excluding carboxylic acids is 1. The molecular formula is C14H14FN3O3S. The van der Waals surface area contributed by atoms with Gasteiger partial charge in [-0.2, -0.15) is 0 Å². The summed E-state index contributed by atoms with van der Waals surface area (Å²) < 4.78 is 36.6. The first kappa shape index (κ1) is 16.0. The standard InChI is InChI=1S/C14H14FN3O3S/c15-8-3-9-22(20,21)18-14(19)7-6-11-10-16-12-4-1-2-5-13(12)17-11/h1-2,4-7,10H,3,8-9H2,(H,18,19)/b7-6+. The zero-order valence-corrected chi connectivity index (χ0v) is 12.4. The number of nitrogens with one attached hydrogen (secondary N) is 1. The van der Waals surface area contributed by atoms with E-state index in [-0.39, 0.29) is 6.42 Å². The van der Waals surface area contributed by atoms with Crippen LogP contribution in [0.15, 0.2) is 36.5 Å². The Morgan fingerprint density at radius 3 is 2.73 bits per heavy atom. The van der Waals surface area contributed by atoms with Crippen molar-refractivity contribution >= 4 is 33.0 Å². The van der Waals surface area contributed by atoms with Gasteiger partial charge in [-0.05, 0) is 24.6 Å². The molecule has 0 atom stereocenters. The zero-order chi connectivity index (χ0) is 16.0. The minimum absolute atomic E-state index is 0.150. The van der Waals surface area contributed by atoms with Gasteiger partial charge < -0.3 is 0 Å². The molecule has 0 radical (unpaired) electrons. The quantitative estimate of drug-likeness (QED) is 0.813. The van der Waals surface area contributed by atoms with Crippen LogP contribution < -0.4 is 4.72 Å². The number of amides is 1. The number of nitrogens with zero attached hydrogens (tertiary/aromatic N) is 2. The molecule has 0 bridgehead atoms. The fourth-order valence-electron chi connectivity index (χ4n) is 1.70. The molecule has 0 unspecified atom stereocenters. The molecule has 0 fully saturated rings. The van der Waals surface area contributed by atoms with E-state index in [1.54, 1.807) is 12.1 Å². The van der Waals surface area contributed by atoms with Gasteiger partial charge in [0.15, 0.2) is 0 Å². The molecule has 0 saturated heterocycles. The average molecular weight is 323 g/mol. The molecule has 0 aliphatic rings. The molecule has 0 aliphatic carbocycles.